The smallest absolute Gasteiger partial charge is 0.234 e. The molecule has 152 valence electrons. The highest BCUT2D eigenvalue weighted by atomic mass is 19.1. The van der Waals surface area contributed by atoms with Crippen molar-refractivity contribution in [3.05, 3.63) is 83.4 Å². The molecule has 0 saturated heterocycles. The highest BCUT2D eigenvalue weighted by Gasteiger charge is 2.18. The second-order valence-electron chi connectivity index (χ2n) is 6.67. The van der Waals surface area contributed by atoms with Crippen molar-refractivity contribution in [2.45, 2.75) is 25.6 Å². The summed E-state index contributed by atoms with van der Waals surface area (Å²) in [6.07, 6.45) is 3.63. The maximum atomic E-state index is 14.4. The SMILES string of the molecule is Cn1cncc1CC(NCc1ccc(OCc2ccccc2F)cc1F)C(N)=O. The Labute approximate surface area is 167 Å². The standard InChI is InChI=1S/C21H22F2N4O2/c1-27-13-25-11-16(27)8-20(21(24)28)26-10-14-6-7-17(9-19(14)23)29-12-15-4-2-3-5-18(15)22/h2-7,9,11,13,20,26H,8,10,12H2,1H3,(H2,24,28). The molecule has 1 amide bonds. The molecule has 0 fully saturated rings. The number of benzene rings is 2. The Bertz CT molecular complexity index is 990. The molecular weight excluding hydrogens is 378 g/mol. The average Bonchev–Trinajstić information content (AvgIpc) is 3.10. The molecule has 0 aliphatic heterocycles. The Kier molecular flexibility index (Phi) is 6.56. The van der Waals surface area contributed by atoms with Crippen LogP contribution in [-0.2, 0) is 31.4 Å². The van der Waals surface area contributed by atoms with Crippen molar-refractivity contribution in [3.63, 3.8) is 0 Å². The third-order valence-electron chi connectivity index (χ3n) is 4.59. The van der Waals surface area contributed by atoms with Gasteiger partial charge in [0.15, 0.2) is 0 Å². The van der Waals surface area contributed by atoms with Gasteiger partial charge in [-0.3, -0.25) is 4.79 Å². The molecule has 0 aliphatic rings. The molecule has 8 heteroatoms. The van der Waals surface area contributed by atoms with Gasteiger partial charge in [0.05, 0.1) is 12.4 Å². The fraction of sp³-hybridized carbons (Fsp3) is 0.238. The number of amides is 1. The van der Waals surface area contributed by atoms with Gasteiger partial charge >= 0.3 is 0 Å². The lowest BCUT2D eigenvalue weighted by Gasteiger charge is -2.16. The number of rotatable bonds is 9. The number of nitrogens with one attached hydrogen (secondary N) is 1. The first-order chi connectivity index (χ1) is 13.9. The molecule has 3 rings (SSSR count). The topological polar surface area (TPSA) is 82.2 Å². The van der Waals surface area contributed by atoms with Gasteiger partial charge in [-0.1, -0.05) is 24.3 Å². The third-order valence-corrected chi connectivity index (χ3v) is 4.59. The zero-order valence-corrected chi connectivity index (χ0v) is 15.9. The molecule has 0 bridgehead atoms. The summed E-state index contributed by atoms with van der Waals surface area (Å²) in [4.78, 5) is 15.7. The number of aromatic nitrogens is 2. The van der Waals surface area contributed by atoms with E-state index in [9.17, 15) is 13.6 Å². The van der Waals surface area contributed by atoms with Crippen molar-refractivity contribution in [2.75, 3.05) is 0 Å². The number of carbonyl (C=O) groups is 1. The minimum absolute atomic E-state index is 0.00183. The first kappa shape index (κ1) is 20.5. The molecule has 1 atom stereocenters. The quantitative estimate of drug-likeness (QED) is 0.578. The molecule has 29 heavy (non-hydrogen) atoms. The van der Waals surface area contributed by atoms with Crippen LogP contribution in [0.3, 0.4) is 0 Å². The molecule has 6 nitrogen and oxygen atoms in total. The fourth-order valence-electron chi connectivity index (χ4n) is 2.83. The maximum Gasteiger partial charge on any atom is 0.234 e. The summed E-state index contributed by atoms with van der Waals surface area (Å²) in [6, 6.07) is 9.97. The molecule has 3 aromatic rings. The zero-order valence-electron chi connectivity index (χ0n) is 15.9. The first-order valence-corrected chi connectivity index (χ1v) is 9.06. The van der Waals surface area contributed by atoms with E-state index in [4.69, 9.17) is 10.5 Å². The van der Waals surface area contributed by atoms with E-state index in [1.807, 2.05) is 7.05 Å². The number of carbonyl (C=O) groups excluding carboxylic acids is 1. The lowest BCUT2D eigenvalue weighted by molar-refractivity contribution is -0.120. The number of nitrogens with two attached hydrogens (primary N) is 1. The number of primary amides is 1. The van der Waals surface area contributed by atoms with Gasteiger partial charge in [0, 0.05) is 49.1 Å². The van der Waals surface area contributed by atoms with E-state index in [1.165, 1.54) is 12.1 Å². The van der Waals surface area contributed by atoms with Crippen molar-refractivity contribution in [1.29, 1.82) is 0 Å². The minimum atomic E-state index is -0.665. The molecule has 2 aromatic carbocycles. The maximum absolute atomic E-state index is 14.4. The van der Waals surface area contributed by atoms with E-state index < -0.39 is 17.8 Å². The molecule has 0 saturated carbocycles. The molecule has 3 N–H and O–H groups in total. The fourth-order valence-corrected chi connectivity index (χ4v) is 2.83. The summed E-state index contributed by atoms with van der Waals surface area (Å²) in [5.74, 6) is -1.11. The second kappa shape index (κ2) is 9.29. The minimum Gasteiger partial charge on any atom is -0.489 e. The van der Waals surface area contributed by atoms with Crippen molar-refractivity contribution in [3.8, 4) is 5.75 Å². The molecule has 0 spiro atoms. The van der Waals surface area contributed by atoms with Crippen molar-refractivity contribution in [2.24, 2.45) is 12.8 Å². The summed E-state index contributed by atoms with van der Waals surface area (Å²) in [7, 11) is 1.82. The number of hydrogen-bond donors (Lipinski definition) is 2. The van der Waals surface area contributed by atoms with Gasteiger partial charge in [0.1, 0.15) is 24.0 Å². The predicted molar refractivity (Wildman–Crippen MR) is 104 cm³/mol. The number of aryl methyl sites for hydroxylation is 1. The summed E-state index contributed by atoms with van der Waals surface area (Å²) in [5, 5.41) is 2.98. The number of nitrogens with zero attached hydrogens (tertiary/aromatic N) is 2. The van der Waals surface area contributed by atoms with E-state index in [0.29, 0.717) is 17.5 Å². The molecule has 1 unspecified atom stereocenters. The van der Waals surface area contributed by atoms with Crippen LogP contribution in [0.5, 0.6) is 5.75 Å². The highest BCUT2D eigenvalue weighted by Crippen LogP contribution is 2.19. The second-order valence-corrected chi connectivity index (χ2v) is 6.67. The monoisotopic (exact) mass is 400 g/mol. The van der Waals surface area contributed by atoms with Crippen LogP contribution in [-0.4, -0.2) is 21.5 Å². The lowest BCUT2D eigenvalue weighted by atomic mass is 10.1. The van der Waals surface area contributed by atoms with Crippen LogP contribution < -0.4 is 15.8 Å². The van der Waals surface area contributed by atoms with Crippen LogP contribution >= 0.6 is 0 Å². The predicted octanol–water partition coefficient (Wildman–Crippen LogP) is 2.46. The number of ether oxygens (including phenoxy) is 1. The Morgan fingerprint density at radius 3 is 2.66 bits per heavy atom. The van der Waals surface area contributed by atoms with E-state index in [-0.39, 0.29) is 24.7 Å². The lowest BCUT2D eigenvalue weighted by Crippen LogP contribution is -2.42. The first-order valence-electron chi connectivity index (χ1n) is 9.06. The van der Waals surface area contributed by atoms with Gasteiger partial charge in [-0.15, -0.1) is 0 Å². The van der Waals surface area contributed by atoms with Crippen molar-refractivity contribution >= 4 is 5.91 Å². The van der Waals surface area contributed by atoms with Crippen LogP contribution in [0, 0.1) is 11.6 Å². The number of imidazole rings is 1. The Morgan fingerprint density at radius 2 is 2.00 bits per heavy atom. The molecule has 1 heterocycles. The molecule has 0 radical (unpaired) electrons. The largest absolute Gasteiger partial charge is 0.489 e. The van der Waals surface area contributed by atoms with E-state index in [1.54, 1.807) is 47.4 Å². The van der Waals surface area contributed by atoms with Crippen LogP contribution in [0.4, 0.5) is 8.78 Å². The van der Waals surface area contributed by atoms with Gasteiger partial charge in [0.2, 0.25) is 5.91 Å². The van der Waals surface area contributed by atoms with Crippen LogP contribution in [0.2, 0.25) is 0 Å². The van der Waals surface area contributed by atoms with E-state index in [0.717, 1.165) is 5.69 Å². The summed E-state index contributed by atoms with van der Waals surface area (Å²) < 4.78 is 35.3. The normalized spacial score (nSPS) is 12.0. The molecule has 0 aliphatic carbocycles. The van der Waals surface area contributed by atoms with Gasteiger partial charge < -0.3 is 20.4 Å². The third kappa shape index (κ3) is 5.39. The van der Waals surface area contributed by atoms with E-state index >= 15 is 0 Å². The molecular formula is C21H22F2N4O2. The van der Waals surface area contributed by atoms with Crippen molar-refractivity contribution < 1.29 is 18.3 Å². The van der Waals surface area contributed by atoms with Gasteiger partial charge in [0.25, 0.3) is 0 Å². The Hall–Kier alpha value is -3.26. The number of halogens is 2. The number of hydrogen-bond acceptors (Lipinski definition) is 4. The summed E-state index contributed by atoms with van der Waals surface area (Å²) in [5.41, 5.74) is 7.04. The van der Waals surface area contributed by atoms with E-state index in [2.05, 4.69) is 10.3 Å². The van der Waals surface area contributed by atoms with Crippen LogP contribution in [0.15, 0.2) is 55.0 Å². The van der Waals surface area contributed by atoms with Crippen LogP contribution in [0.1, 0.15) is 16.8 Å². The Balaban J connectivity index is 1.60. The summed E-state index contributed by atoms with van der Waals surface area (Å²) in [6.45, 7) is 0.114. The Morgan fingerprint density at radius 1 is 1.21 bits per heavy atom. The van der Waals surface area contributed by atoms with Crippen molar-refractivity contribution in [1.82, 2.24) is 14.9 Å². The molecule has 1 aromatic heterocycles. The highest BCUT2D eigenvalue weighted by molar-refractivity contribution is 5.80. The van der Waals surface area contributed by atoms with Crippen LogP contribution in [0.25, 0.3) is 0 Å². The van der Waals surface area contributed by atoms with Gasteiger partial charge in [-0.25, -0.2) is 13.8 Å². The van der Waals surface area contributed by atoms with Gasteiger partial charge in [-0.05, 0) is 12.1 Å². The zero-order chi connectivity index (χ0) is 20.8. The summed E-state index contributed by atoms with van der Waals surface area (Å²) >= 11 is 0. The average molecular weight is 400 g/mol. The van der Waals surface area contributed by atoms with Gasteiger partial charge in [-0.2, -0.15) is 0 Å².